The molecule has 1 saturated heterocycles. The van der Waals surface area contributed by atoms with Gasteiger partial charge in [0.1, 0.15) is 6.10 Å². The molecular formula is C9H16O5. The fraction of sp³-hybridized carbons (Fsp3) is 0.889. The lowest BCUT2D eigenvalue weighted by molar-refractivity contribution is -0.0619. The monoisotopic (exact) mass is 204 g/mol. The largest absolute Gasteiger partial charge is 0.513 e. The third-order valence-corrected chi connectivity index (χ3v) is 2.08. The maximum absolute atomic E-state index is 11.2. The average molecular weight is 204 g/mol. The summed E-state index contributed by atoms with van der Waals surface area (Å²) >= 11 is 0. The van der Waals surface area contributed by atoms with Gasteiger partial charge in [0.25, 0.3) is 0 Å². The molecule has 1 aliphatic rings. The summed E-state index contributed by atoms with van der Waals surface area (Å²) in [6.07, 6.45) is -1.02. The number of carbonyl (C=O) groups is 1. The molecule has 14 heavy (non-hydrogen) atoms. The average Bonchev–Trinajstić information content (AvgIpc) is 2.64. The number of hydrogen-bond donors (Lipinski definition) is 0. The van der Waals surface area contributed by atoms with E-state index in [-0.39, 0.29) is 11.5 Å². The van der Waals surface area contributed by atoms with Crippen LogP contribution in [0.4, 0.5) is 4.79 Å². The summed E-state index contributed by atoms with van der Waals surface area (Å²) in [5, 5.41) is 0. The number of ether oxygens (including phenoxy) is 2. The Hall–Kier alpha value is -0.810. The van der Waals surface area contributed by atoms with Crippen molar-refractivity contribution in [1.82, 2.24) is 0 Å². The van der Waals surface area contributed by atoms with Gasteiger partial charge in [-0.3, -0.25) is 0 Å². The van der Waals surface area contributed by atoms with Gasteiger partial charge in [0.2, 0.25) is 0 Å². The van der Waals surface area contributed by atoms with Crippen molar-refractivity contribution in [3.05, 3.63) is 0 Å². The zero-order valence-electron chi connectivity index (χ0n) is 9.12. The highest BCUT2D eigenvalue weighted by Crippen LogP contribution is 2.31. The first-order valence-corrected chi connectivity index (χ1v) is 4.49. The van der Waals surface area contributed by atoms with E-state index in [0.29, 0.717) is 0 Å². The molecule has 5 heteroatoms. The highest BCUT2D eigenvalue weighted by molar-refractivity contribution is 5.60. The van der Waals surface area contributed by atoms with Gasteiger partial charge in [0, 0.05) is 6.92 Å². The second kappa shape index (κ2) is 3.40. The first-order chi connectivity index (χ1) is 6.23. The van der Waals surface area contributed by atoms with Crippen LogP contribution in [-0.2, 0) is 19.2 Å². The van der Waals surface area contributed by atoms with Crippen LogP contribution < -0.4 is 0 Å². The Morgan fingerprint density at radius 2 is 1.86 bits per heavy atom. The number of hydrogen-bond acceptors (Lipinski definition) is 5. The minimum absolute atomic E-state index is 0.120. The molecular weight excluding hydrogens is 188 g/mol. The van der Waals surface area contributed by atoms with Gasteiger partial charge in [0.15, 0.2) is 0 Å². The van der Waals surface area contributed by atoms with Crippen LogP contribution in [0.5, 0.6) is 0 Å². The van der Waals surface area contributed by atoms with Crippen LogP contribution in [0.15, 0.2) is 0 Å². The van der Waals surface area contributed by atoms with E-state index in [1.807, 2.05) is 20.8 Å². The van der Waals surface area contributed by atoms with Gasteiger partial charge in [-0.25, -0.2) is 4.79 Å². The SMILES string of the molecule is CC(OC(=O)OC1(C)OO1)C(C)(C)C. The Morgan fingerprint density at radius 3 is 2.21 bits per heavy atom. The fourth-order valence-corrected chi connectivity index (χ4v) is 0.589. The van der Waals surface area contributed by atoms with Crippen LogP contribution in [0, 0.1) is 5.41 Å². The van der Waals surface area contributed by atoms with E-state index in [1.165, 1.54) is 6.92 Å². The smallest absolute Gasteiger partial charge is 0.431 e. The van der Waals surface area contributed by atoms with Gasteiger partial charge in [-0.05, 0) is 12.3 Å². The minimum atomic E-state index is -1.24. The molecule has 0 aromatic carbocycles. The minimum Gasteiger partial charge on any atom is -0.431 e. The van der Waals surface area contributed by atoms with Gasteiger partial charge in [-0.15, -0.1) is 0 Å². The summed E-state index contributed by atoms with van der Waals surface area (Å²) in [6, 6.07) is 0. The molecule has 82 valence electrons. The molecule has 0 spiro atoms. The molecule has 0 aromatic rings. The van der Waals surface area contributed by atoms with Crippen molar-refractivity contribution < 1.29 is 24.0 Å². The summed E-state index contributed by atoms with van der Waals surface area (Å²) in [5.41, 5.74) is -0.120. The van der Waals surface area contributed by atoms with Crippen LogP contribution in [-0.4, -0.2) is 18.2 Å². The Balaban J connectivity index is 2.33. The normalized spacial score (nSPS) is 21.2. The molecule has 0 aliphatic carbocycles. The number of rotatable bonds is 2. The zero-order valence-corrected chi connectivity index (χ0v) is 9.12. The molecule has 0 aromatic heterocycles. The molecule has 1 unspecified atom stereocenters. The topological polar surface area (TPSA) is 60.6 Å². The standard InChI is InChI=1S/C9H16O5/c1-6(8(2,3)4)11-7(10)12-9(5)13-14-9/h6H,1-5H3. The maximum atomic E-state index is 11.2. The van der Waals surface area contributed by atoms with E-state index in [0.717, 1.165) is 0 Å². The summed E-state index contributed by atoms with van der Waals surface area (Å²) in [4.78, 5) is 20.0. The lowest BCUT2D eigenvalue weighted by Gasteiger charge is -2.26. The van der Waals surface area contributed by atoms with E-state index in [1.54, 1.807) is 6.92 Å². The summed E-state index contributed by atoms with van der Waals surface area (Å²) in [6.45, 7) is 9.19. The van der Waals surface area contributed by atoms with Crippen molar-refractivity contribution in [1.29, 1.82) is 0 Å². The molecule has 0 bridgehead atoms. The Labute approximate surface area is 83.2 Å². The molecule has 0 amide bonds. The van der Waals surface area contributed by atoms with Gasteiger partial charge >= 0.3 is 12.1 Å². The number of carbonyl (C=O) groups excluding carboxylic acids is 1. The van der Waals surface area contributed by atoms with Crippen LogP contribution in [0.3, 0.4) is 0 Å². The van der Waals surface area contributed by atoms with E-state index < -0.39 is 12.1 Å². The van der Waals surface area contributed by atoms with Crippen molar-refractivity contribution in [3.63, 3.8) is 0 Å². The second-order valence-corrected chi connectivity index (χ2v) is 4.51. The molecule has 0 saturated carbocycles. The molecule has 0 N–H and O–H groups in total. The van der Waals surface area contributed by atoms with E-state index in [4.69, 9.17) is 9.47 Å². The van der Waals surface area contributed by atoms with Crippen LogP contribution in [0.25, 0.3) is 0 Å². The van der Waals surface area contributed by atoms with Gasteiger partial charge in [0.05, 0.1) is 0 Å². The maximum Gasteiger partial charge on any atom is 0.513 e. The van der Waals surface area contributed by atoms with Crippen molar-refractivity contribution in [2.45, 2.75) is 46.7 Å². The lowest BCUT2D eigenvalue weighted by Crippen LogP contribution is -2.30. The predicted molar refractivity (Wildman–Crippen MR) is 47.1 cm³/mol. The molecule has 0 radical (unpaired) electrons. The summed E-state index contributed by atoms with van der Waals surface area (Å²) in [7, 11) is 0. The Kier molecular flexibility index (Phi) is 2.74. The third-order valence-electron chi connectivity index (χ3n) is 2.08. The summed E-state index contributed by atoms with van der Waals surface area (Å²) < 4.78 is 9.72. The molecule has 1 aliphatic heterocycles. The van der Waals surface area contributed by atoms with Crippen LogP contribution >= 0.6 is 0 Å². The van der Waals surface area contributed by atoms with Crippen LogP contribution in [0.2, 0.25) is 0 Å². The highest BCUT2D eigenvalue weighted by atomic mass is 17.5. The van der Waals surface area contributed by atoms with Crippen molar-refractivity contribution in [3.8, 4) is 0 Å². The Bertz CT molecular complexity index is 226. The first-order valence-electron chi connectivity index (χ1n) is 4.49. The van der Waals surface area contributed by atoms with Gasteiger partial charge in [-0.1, -0.05) is 20.8 Å². The van der Waals surface area contributed by atoms with Gasteiger partial charge in [-0.2, -0.15) is 9.78 Å². The lowest BCUT2D eigenvalue weighted by atomic mass is 9.90. The van der Waals surface area contributed by atoms with Crippen molar-refractivity contribution in [2.24, 2.45) is 5.41 Å². The molecule has 1 rings (SSSR count). The molecule has 1 heterocycles. The zero-order chi connectivity index (χ0) is 11.0. The van der Waals surface area contributed by atoms with E-state index in [9.17, 15) is 4.79 Å². The predicted octanol–water partition coefficient (Wildman–Crippen LogP) is 2.21. The molecule has 1 fully saturated rings. The highest BCUT2D eigenvalue weighted by Gasteiger charge is 2.49. The van der Waals surface area contributed by atoms with Gasteiger partial charge < -0.3 is 9.47 Å². The van der Waals surface area contributed by atoms with Crippen molar-refractivity contribution >= 4 is 6.16 Å². The van der Waals surface area contributed by atoms with Crippen molar-refractivity contribution in [2.75, 3.05) is 0 Å². The second-order valence-electron chi connectivity index (χ2n) is 4.51. The van der Waals surface area contributed by atoms with E-state index in [2.05, 4.69) is 9.78 Å². The molecule has 1 atom stereocenters. The quantitative estimate of drug-likeness (QED) is 0.392. The first kappa shape index (κ1) is 11.3. The Morgan fingerprint density at radius 1 is 1.36 bits per heavy atom. The van der Waals surface area contributed by atoms with Crippen LogP contribution in [0.1, 0.15) is 34.6 Å². The molecule has 5 nitrogen and oxygen atoms in total. The fourth-order valence-electron chi connectivity index (χ4n) is 0.589. The summed E-state index contributed by atoms with van der Waals surface area (Å²) in [5.74, 6) is -1.24. The van der Waals surface area contributed by atoms with E-state index >= 15 is 0 Å². The third kappa shape index (κ3) is 3.16.